The molecule has 32 heavy (non-hydrogen) atoms. The molecule has 1 aliphatic heterocycles. The minimum absolute atomic E-state index is 0.0325. The number of phenolic OH excluding ortho intramolecular Hbond substituents is 4. The molecule has 0 aromatic heterocycles. The van der Waals surface area contributed by atoms with Crippen LogP contribution in [-0.2, 0) is 6.42 Å². The predicted octanol–water partition coefficient (Wildman–Crippen LogP) is 4.65. The van der Waals surface area contributed by atoms with Crippen LogP contribution in [0, 0.1) is 0 Å². The molecule has 0 saturated heterocycles. The maximum atomic E-state index is 12.8. The third-order valence-corrected chi connectivity index (χ3v) is 5.65. The fourth-order valence-electron chi connectivity index (χ4n) is 3.81. The topological polar surface area (TPSA) is 127 Å². The zero-order valence-electron chi connectivity index (χ0n) is 18.6. The first-order valence-corrected chi connectivity index (χ1v) is 10.6. The van der Waals surface area contributed by atoms with Crippen LogP contribution in [0.3, 0.4) is 0 Å². The average molecular weight is 443 g/mol. The lowest BCUT2D eigenvalue weighted by atomic mass is 9.92. The molecule has 2 aromatic rings. The van der Waals surface area contributed by atoms with Crippen LogP contribution in [0.4, 0.5) is 0 Å². The van der Waals surface area contributed by atoms with Crippen LogP contribution in [0.5, 0.6) is 28.7 Å². The Hall–Kier alpha value is -3.19. The highest BCUT2D eigenvalue weighted by Crippen LogP contribution is 2.45. The van der Waals surface area contributed by atoms with Crippen LogP contribution in [0.1, 0.15) is 74.0 Å². The summed E-state index contributed by atoms with van der Waals surface area (Å²) < 4.78 is 5.84. The number of Topliss-reactive ketones (excluding diaryl/α,β-unsaturated/α-hetero) is 1. The van der Waals surface area contributed by atoms with Crippen molar-refractivity contribution in [2.24, 2.45) is 0 Å². The molecule has 172 valence electrons. The lowest BCUT2D eigenvalue weighted by Gasteiger charge is -2.27. The van der Waals surface area contributed by atoms with Gasteiger partial charge in [0.05, 0.1) is 12.0 Å². The number of allylic oxidation sites excluding steroid dienone is 2. The van der Waals surface area contributed by atoms with Gasteiger partial charge in [-0.25, -0.2) is 0 Å². The average Bonchev–Trinajstić information content (AvgIpc) is 2.68. The highest BCUT2D eigenvalue weighted by molar-refractivity contribution is 6.03. The summed E-state index contributed by atoms with van der Waals surface area (Å²) >= 11 is 0. The van der Waals surface area contributed by atoms with E-state index < -0.39 is 11.7 Å². The zero-order valence-corrected chi connectivity index (χ0v) is 18.6. The summed E-state index contributed by atoms with van der Waals surface area (Å²) in [6.45, 7) is 5.48. The van der Waals surface area contributed by atoms with Crippen LogP contribution in [0.15, 0.2) is 35.9 Å². The van der Waals surface area contributed by atoms with E-state index in [9.17, 15) is 30.3 Å². The van der Waals surface area contributed by atoms with Crippen molar-refractivity contribution >= 4 is 5.78 Å². The lowest BCUT2D eigenvalue weighted by molar-refractivity contribution is 0.0689. The van der Waals surface area contributed by atoms with Crippen LogP contribution in [0.25, 0.3) is 0 Å². The van der Waals surface area contributed by atoms with E-state index >= 15 is 0 Å². The summed E-state index contributed by atoms with van der Waals surface area (Å²) in [5.74, 6) is -1.34. The van der Waals surface area contributed by atoms with Crippen LogP contribution < -0.4 is 4.74 Å². The Labute approximate surface area is 187 Å². The minimum atomic E-state index is -0.718. The summed E-state index contributed by atoms with van der Waals surface area (Å²) in [4.78, 5) is 12.8. The molecule has 0 saturated carbocycles. The third kappa shape index (κ3) is 5.34. The number of phenols is 4. The van der Waals surface area contributed by atoms with Crippen molar-refractivity contribution in [1.82, 2.24) is 0 Å². The quantitative estimate of drug-likeness (QED) is 0.312. The summed E-state index contributed by atoms with van der Waals surface area (Å²) in [6, 6.07) is 5.49. The molecule has 0 aliphatic carbocycles. The second-order valence-corrected chi connectivity index (χ2v) is 9.00. The maximum Gasteiger partial charge on any atom is 0.174 e. The summed E-state index contributed by atoms with van der Waals surface area (Å²) in [5, 5.41) is 50.2. The smallest absolute Gasteiger partial charge is 0.174 e. The van der Waals surface area contributed by atoms with E-state index in [4.69, 9.17) is 4.74 Å². The summed E-state index contributed by atoms with van der Waals surface area (Å²) in [7, 11) is 0. The first-order chi connectivity index (χ1) is 15.0. The highest BCUT2D eigenvalue weighted by Gasteiger charge is 2.32. The number of ketones is 1. The van der Waals surface area contributed by atoms with Crippen molar-refractivity contribution in [2.75, 3.05) is 0 Å². The van der Waals surface area contributed by atoms with Gasteiger partial charge in [0.1, 0.15) is 28.9 Å². The zero-order chi connectivity index (χ0) is 23.6. The molecular formula is C25H30O7. The molecule has 1 atom stereocenters. The Morgan fingerprint density at radius 3 is 2.50 bits per heavy atom. The van der Waals surface area contributed by atoms with Crippen molar-refractivity contribution in [3.8, 4) is 28.7 Å². The van der Waals surface area contributed by atoms with Gasteiger partial charge in [-0.15, -0.1) is 0 Å². The molecule has 0 spiro atoms. The standard InChI is InChI=1S/C25H30O7/c1-14(5-4-10-25(2,3)31)6-8-16-18(27)12-22-23(24(16)30)20(29)13-21(32-22)15-7-9-17(26)19(28)11-15/h6-7,9,11-12,21,26-28,30-31H,4-5,8,10,13H2,1-3H3. The first-order valence-electron chi connectivity index (χ1n) is 10.6. The molecule has 1 unspecified atom stereocenters. The SMILES string of the molecule is CC(=CCc1c(O)cc2c(c1O)C(=O)CC(c1ccc(O)c(O)c1)O2)CCCC(C)(C)O. The fourth-order valence-corrected chi connectivity index (χ4v) is 3.81. The normalized spacial score (nSPS) is 16.6. The van der Waals surface area contributed by atoms with E-state index in [-0.39, 0.29) is 58.5 Å². The van der Waals surface area contributed by atoms with Gasteiger partial charge in [-0.05, 0) is 64.2 Å². The van der Waals surface area contributed by atoms with Gasteiger partial charge in [0.2, 0.25) is 0 Å². The Balaban J connectivity index is 1.79. The minimum Gasteiger partial charge on any atom is -0.507 e. The van der Waals surface area contributed by atoms with Gasteiger partial charge in [0.25, 0.3) is 0 Å². The number of rotatable bonds is 7. The fraction of sp³-hybridized carbons (Fsp3) is 0.400. The second kappa shape index (κ2) is 9.12. The number of benzene rings is 2. The van der Waals surface area contributed by atoms with Crippen molar-refractivity contribution in [3.05, 3.63) is 52.6 Å². The van der Waals surface area contributed by atoms with Gasteiger partial charge < -0.3 is 30.3 Å². The highest BCUT2D eigenvalue weighted by atomic mass is 16.5. The molecule has 0 radical (unpaired) electrons. The Morgan fingerprint density at radius 1 is 1.12 bits per heavy atom. The molecule has 5 N–H and O–H groups in total. The van der Waals surface area contributed by atoms with E-state index in [1.165, 1.54) is 24.3 Å². The van der Waals surface area contributed by atoms with Gasteiger partial charge in [-0.2, -0.15) is 0 Å². The van der Waals surface area contributed by atoms with Crippen molar-refractivity contribution in [3.63, 3.8) is 0 Å². The number of carbonyl (C=O) groups excluding carboxylic acids is 1. The van der Waals surface area contributed by atoms with Gasteiger partial charge in [-0.3, -0.25) is 4.79 Å². The van der Waals surface area contributed by atoms with E-state index in [1.54, 1.807) is 13.8 Å². The molecule has 3 rings (SSSR count). The molecule has 7 heteroatoms. The molecule has 7 nitrogen and oxygen atoms in total. The van der Waals surface area contributed by atoms with E-state index in [0.717, 1.165) is 18.4 Å². The number of ether oxygens (including phenoxy) is 1. The van der Waals surface area contributed by atoms with Crippen molar-refractivity contribution < 1.29 is 35.1 Å². The number of aromatic hydroxyl groups is 4. The molecule has 1 aliphatic rings. The van der Waals surface area contributed by atoms with Crippen LogP contribution in [0.2, 0.25) is 0 Å². The van der Waals surface area contributed by atoms with Crippen molar-refractivity contribution in [2.45, 2.75) is 64.6 Å². The van der Waals surface area contributed by atoms with Crippen molar-refractivity contribution in [1.29, 1.82) is 0 Å². The van der Waals surface area contributed by atoms with Crippen LogP contribution in [-0.4, -0.2) is 36.9 Å². The summed E-state index contributed by atoms with van der Waals surface area (Å²) in [6.07, 6.45) is 3.63. The first kappa shape index (κ1) is 23.5. The molecule has 0 amide bonds. The molecule has 2 aromatic carbocycles. The molecule has 1 heterocycles. The summed E-state index contributed by atoms with van der Waals surface area (Å²) in [5.41, 5.74) is 1.12. The monoisotopic (exact) mass is 442 g/mol. The van der Waals surface area contributed by atoms with Gasteiger partial charge in [0, 0.05) is 11.6 Å². The number of hydrogen-bond donors (Lipinski definition) is 5. The number of hydrogen-bond acceptors (Lipinski definition) is 7. The molecule has 0 bridgehead atoms. The predicted molar refractivity (Wildman–Crippen MR) is 119 cm³/mol. The van der Waals surface area contributed by atoms with E-state index in [1.807, 2.05) is 13.0 Å². The maximum absolute atomic E-state index is 12.8. The Kier molecular flexibility index (Phi) is 6.69. The number of aliphatic hydroxyl groups is 1. The van der Waals surface area contributed by atoms with E-state index in [0.29, 0.717) is 12.0 Å². The lowest BCUT2D eigenvalue weighted by Crippen LogP contribution is -2.21. The largest absolute Gasteiger partial charge is 0.507 e. The van der Waals surface area contributed by atoms with Gasteiger partial charge >= 0.3 is 0 Å². The molecule has 0 fully saturated rings. The third-order valence-electron chi connectivity index (χ3n) is 5.65. The second-order valence-electron chi connectivity index (χ2n) is 9.00. The van der Waals surface area contributed by atoms with Gasteiger partial charge in [-0.1, -0.05) is 17.7 Å². The van der Waals surface area contributed by atoms with E-state index in [2.05, 4.69) is 0 Å². The number of fused-ring (bicyclic) bond motifs is 1. The van der Waals surface area contributed by atoms with Gasteiger partial charge in [0.15, 0.2) is 17.3 Å². The Bertz CT molecular complexity index is 1050. The molecular weight excluding hydrogens is 412 g/mol. The Morgan fingerprint density at radius 2 is 1.84 bits per heavy atom. The van der Waals surface area contributed by atoms with Crippen LogP contribution >= 0.6 is 0 Å². The number of carbonyl (C=O) groups is 1.